The first-order valence-corrected chi connectivity index (χ1v) is 12.9. The van der Waals surface area contributed by atoms with Crippen molar-refractivity contribution in [2.24, 2.45) is 0 Å². The smallest absolute Gasteiger partial charge is 0.338 e. The third-order valence-corrected chi connectivity index (χ3v) is 6.97. The molecule has 1 heterocycles. The van der Waals surface area contributed by atoms with Crippen LogP contribution < -0.4 is 10.2 Å². The van der Waals surface area contributed by atoms with E-state index in [0.717, 1.165) is 42.0 Å². The molecule has 0 amide bonds. The molecule has 3 aromatic carbocycles. The molecule has 0 aliphatic carbocycles. The second-order valence-corrected chi connectivity index (χ2v) is 9.19. The van der Waals surface area contributed by atoms with Crippen molar-refractivity contribution in [3.8, 4) is 17.3 Å². The maximum Gasteiger partial charge on any atom is 0.338 e. The van der Waals surface area contributed by atoms with E-state index < -0.39 is 0 Å². The van der Waals surface area contributed by atoms with Crippen LogP contribution in [0.4, 0.5) is 5.69 Å². The van der Waals surface area contributed by atoms with Crippen LogP contribution in [0.2, 0.25) is 0 Å². The van der Waals surface area contributed by atoms with E-state index in [1.165, 1.54) is 21.6 Å². The molecule has 7 heteroatoms. The number of carbonyl (C=O) groups excluding carboxylic acids is 1. The highest BCUT2D eigenvalue weighted by Gasteiger charge is 2.11. The van der Waals surface area contributed by atoms with Gasteiger partial charge in [0.15, 0.2) is 0 Å². The van der Waals surface area contributed by atoms with Gasteiger partial charge < -0.3 is 15.0 Å². The van der Waals surface area contributed by atoms with Gasteiger partial charge in [0.2, 0.25) is 0 Å². The van der Waals surface area contributed by atoms with E-state index >= 15 is 0 Å². The summed E-state index contributed by atoms with van der Waals surface area (Å²) < 4.78 is 5.40. The zero-order chi connectivity index (χ0) is 25.3. The Morgan fingerprint density at radius 2 is 1.83 bits per heavy atom. The van der Waals surface area contributed by atoms with Gasteiger partial charge in [0.05, 0.1) is 24.3 Å². The predicted octanol–water partition coefficient (Wildman–Crippen LogP) is 5.02. The summed E-state index contributed by atoms with van der Waals surface area (Å²) in [5, 5.41) is 17.8. The van der Waals surface area contributed by atoms with Crippen LogP contribution in [0.5, 0.6) is 0 Å². The zero-order valence-electron chi connectivity index (χ0n) is 20.5. The van der Waals surface area contributed by atoms with Crippen molar-refractivity contribution < 1.29 is 14.4 Å². The molecule has 0 unspecified atom stereocenters. The lowest BCUT2D eigenvalue weighted by Crippen LogP contribution is -3.11. The Kier molecular flexibility index (Phi) is 8.45. The Balaban J connectivity index is 1.39. The number of rotatable bonds is 10. The summed E-state index contributed by atoms with van der Waals surface area (Å²) in [5.74, 6) is -0.328. The molecular weight excluding hydrogens is 468 g/mol. The average Bonchev–Trinajstić information content (AvgIpc) is 3.41. The lowest BCUT2D eigenvalue weighted by Gasteiger charge is -2.15. The maximum atomic E-state index is 12.3. The number of fused-ring (bicyclic) bond motifs is 1. The standard InChI is InChI=1S/C29H28N4O2S/c1-3-33(4-2)15-16-35-29(34)22-11-13-26(14-12-22)31-19-25(18-30)28-32-27(20-36-28)24-10-9-21-7-5-6-8-23(21)17-24/h5-14,17,19-20,31H,3-4,15-16H2,1-2H3/p+1/b25-19-. The van der Waals surface area contributed by atoms with E-state index in [-0.39, 0.29) is 5.97 Å². The number of nitrogens with zero attached hydrogens (tertiary/aromatic N) is 2. The monoisotopic (exact) mass is 497 g/mol. The van der Waals surface area contributed by atoms with Crippen LogP contribution in [-0.2, 0) is 4.74 Å². The number of thiazole rings is 1. The maximum absolute atomic E-state index is 12.3. The van der Waals surface area contributed by atoms with E-state index in [9.17, 15) is 10.1 Å². The first kappa shape index (κ1) is 25.1. The van der Waals surface area contributed by atoms with E-state index in [2.05, 4.69) is 54.5 Å². The molecular formula is C29H29N4O2S+. The molecule has 0 aliphatic heterocycles. The molecule has 182 valence electrons. The molecule has 6 nitrogen and oxygen atoms in total. The zero-order valence-corrected chi connectivity index (χ0v) is 21.3. The molecule has 0 aliphatic rings. The first-order valence-electron chi connectivity index (χ1n) is 12.0. The van der Waals surface area contributed by atoms with Gasteiger partial charge in [-0.1, -0.05) is 36.4 Å². The highest BCUT2D eigenvalue weighted by molar-refractivity contribution is 7.11. The number of aromatic nitrogens is 1. The third-order valence-electron chi connectivity index (χ3n) is 6.09. The third kappa shape index (κ3) is 6.16. The second kappa shape index (κ2) is 12.1. The fraction of sp³-hybridized carbons (Fsp3) is 0.207. The summed E-state index contributed by atoms with van der Waals surface area (Å²) in [7, 11) is 0. The number of esters is 1. The molecule has 0 bridgehead atoms. The van der Waals surface area contributed by atoms with Gasteiger partial charge in [-0.05, 0) is 55.0 Å². The number of nitrogens with one attached hydrogen (secondary N) is 2. The van der Waals surface area contributed by atoms with Crippen LogP contribution >= 0.6 is 11.3 Å². The first-order chi connectivity index (χ1) is 17.6. The van der Waals surface area contributed by atoms with Crippen molar-refractivity contribution in [2.75, 3.05) is 31.6 Å². The molecule has 0 spiro atoms. The van der Waals surface area contributed by atoms with Crippen LogP contribution in [-0.4, -0.2) is 37.2 Å². The quantitative estimate of drug-likeness (QED) is 0.238. The van der Waals surface area contributed by atoms with Gasteiger partial charge in [0.1, 0.15) is 29.8 Å². The normalized spacial score (nSPS) is 11.4. The summed E-state index contributed by atoms with van der Waals surface area (Å²) in [6.07, 6.45) is 1.64. The Bertz CT molecular complexity index is 1400. The summed E-state index contributed by atoms with van der Waals surface area (Å²) in [5.41, 5.74) is 3.56. The molecule has 1 aromatic heterocycles. The minimum absolute atomic E-state index is 0.328. The van der Waals surface area contributed by atoms with Crippen LogP contribution in [0.15, 0.2) is 78.3 Å². The Hall–Kier alpha value is -3.99. The van der Waals surface area contributed by atoms with Crippen molar-refractivity contribution in [1.82, 2.24) is 4.98 Å². The van der Waals surface area contributed by atoms with E-state index in [0.29, 0.717) is 22.8 Å². The Labute approximate surface area is 215 Å². The minimum Gasteiger partial charge on any atom is -0.456 e. The molecule has 0 fully saturated rings. The van der Waals surface area contributed by atoms with Gasteiger partial charge in [-0.3, -0.25) is 0 Å². The van der Waals surface area contributed by atoms with E-state index in [1.54, 1.807) is 30.5 Å². The summed E-state index contributed by atoms with van der Waals surface area (Å²) in [6.45, 7) is 7.48. The van der Waals surface area contributed by atoms with Gasteiger partial charge in [-0.2, -0.15) is 5.26 Å². The molecule has 0 atom stereocenters. The number of quaternary nitrogens is 1. The Morgan fingerprint density at radius 3 is 2.56 bits per heavy atom. The number of hydrogen-bond donors (Lipinski definition) is 2. The van der Waals surface area contributed by atoms with Gasteiger partial charge in [0, 0.05) is 22.8 Å². The Morgan fingerprint density at radius 1 is 1.08 bits per heavy atom. The van der Waals surface area contributed by atoms with E-state index in [4.69, 9.17) is 4.74 Å². The number of ether oxygens (including phenoxy) is 1. The SMILES string of the molecule is CC[NH+](CC)CCOC(=O)c1ccc(N/C=C(/C#N)c2nc(-c3ccc4ccccc4c3)cs2)cc1. The fourth-order valence-electron chi connectivity index (χ4n) is 3.85. The molecule has 0 saturated carbocycles. The number of anilines is 1. The minimum atomic E-state index is -0.328. The number of allylic oxidation sites excluding steroid dienone is 1. The molecule has 0 radical (unpaired) electrons. The van der Waals surface area contributed by atoms with Gasteiger partial charge in [-0.25, -0.2) is 9.78 Å². The van der Waals surface area contributed by atoms with Crippen molar-refractivity contribution in [2.45, 2.75) is 13.8 Å². The molecule has 4 aromatic rings. The molecule has 0 saturated heterocycles. The van der Waals surface area contributed by atoms with Gasteiger partial charge in [0.25, 0.3) is 0 Å². The lowest BCUT2D eigenvalue weighted by atomic mass is 10.1. The summed E-state index contributed by atoms with van der Waals surface area (Å²) >= 11 is 1.43. The molecule has 4 rings (SSSR count). The fourth-order valence-corrected chi connectivity index (χ4v) is 4.65. The number of hydrogen-bond acceptors (Lipinski definition) is 6. The predicted molar refractivity (Wildman–Crippen MR) is 146 cm³/mol. The van der Waals surface area contributed by atoms with Crippen molar-refractivity contribution >= 4 is 39.3 Å². The van der Waals surface area contributed by atoms with Crippen molar-refractivity contribution in [3.63, 3.8) is 0 Å². The van der Waals surface area contributed by atoms with Crippen LogP contribution in [0.3, 0.4) is 0 Å². The number of likely N-dealkylation sites (N-methyl/N-ethyl adjacent to an activating group) is 1. The highest BCUT2D eigenvalue weighted by Crippen LogP contribution is 2.28. The number of benzene rings is 3. The lowest BCUT2D eigenvalue weighted by molar-refractivity contribution is -0.896. The average molecular weight is 498 g/mol. The largest absolute Gasteiger partial charge is 0.456 e. The van der Waals surface area contributed by atoms with Crippen molar-refractivity contribution in [3.05, 3.63) is 88.9 Å². The second-order valence-electron chi connectivity index (χ2n) is 8.33. The van der Waals surface area contributed by atoms with Gasteiger partial charge >= 0.3 is 5.97 Å². The van der Waals surface area contributed by atoms with Crippen LogP contribution in [0.1, 0.15) is 29.2 Å². The molecule has 36 heavy (non-hydrogen) atoms. The number of nitriles is 1. The number of carbonyl (C=O) groups is 1. The van der Waals surface area contributed by atoms with Crippen LogP contribution in [0.25, 0.3) is 27.6 Å². The van der Waals surface area contributed by atoms with Crippen molar-refractivity contribution in [1.29, 1.82) is 5.26 Å². The highest BCUT2D eigenvalue weighted by atomic mass is 32.1. The van der Waals surface area contributed by atoms with Crippen LogP contribution in [0, 0.1) is 11.3 Å². The van der Waals surface area contributed by atoms with E-state index in [1.807, 2.05) is 23.6 Å². The molecule has 2 N–H and O–H groups in total. The summed E-state index contributed by atoms with van der Waals surface area (Å²) in [4.78, 5) is 18.4. The topological polar surface area (TPSA) is 79.5 Å². The summed E-state index contributed by atoms with van der Waals surface area (Å²) in [6, 6.07) is 23.7. The van der Waals surface area contributed by atoms with Gasteiger partial charge in [-0.15, -0.1) is 11.3 Å².